The molecular formula is C16H27NO4. The average Bonchev–Trinajstić information content (AvgIpc) is 2.51. The molecule has 0 amide bonds. The zero-order valence-electron chi connectivity index (χ0n) is 13.1. The third-order valence-electron chi connectivity index (χ3n) is 3.16. The highest BCUT2D eigenvalue weighted by atomic mass is 16.5. The van der Waals surface area contributed by atoms with Gasteiger partial charge in [-0.1, -0.05) is 19.1 Å². The molecule has 0 saturated carbocycles. The number of nitrogens with two attached hydrogens (primary N) is 1. The topological polar surface area (TPSA) is 73.9 Å². The van der Waals surface area contributed by atoms with Gasteiger partial charge in [-0.3, -0.25) is 0 Å². The fourth-order valence-electron chi connectivity index (χ4n) is 1.85. The van der Waals surface area contributed by atoms with E-state index < -0.39 is 6.10 Å². The van der Waals surface area contributed by atoms with Gasteiger partial charge in [0.15, 0.2) is 0 Å². The molecule has 5 heteroatoms. The molecular weight excluding hydrogens is 270 g/mol. The van der Waals surface area contributed by atoms with E-state index in [4.69, 9.17) is 19.9 Å². The summed E-state index contributed by atoms with van der Waals surface area (Å²) in [5.41, 5.74) is 7.04. The Morgan fingerprint density at radius 1 is 1.14 bits per heavy atom. The van der Waals surface area contributed by atoms with Crippen molar-refractivity contribution in [2.24, 2.45) is 5.73 Å². The summed E-state index contributed by atoms with van der Waals surface area (Å²) in [5, 5.41) is 9.80. The summed E-state index contributed by atoms with van der Waals surface area (Å²) in [6, 6.07) is 7.69. The standard InChI is InChI=1S/C16H27NO4/c1-4-16(17)13-5-7-15(8-6-13)21-11-14(18)10-20-12(2)9-19-3/h5-8,12,14,16,18H,4,9-11,17H2,1-3H3. The van der Waals surface area contributed by atoms with E-state index in [1.54, 1.807) is 7.11 Å². The molecule has 0 aliphatic rings. The lowest BCUT2D eigenvalue weighted by Gasteiger charge is -2.16. The lowest BCUT2D eigenvalue weighted by Crippen LogP contribution is -2.27. The normalized spacial score (nSPS) is 15.5. The van der Waals surface area contributed by atoms with Gasteiger partial charge in [-0.25, -0.2) is 0 Å². The van der Waals surface area contributed by atoms with Crippen molar-refractivity contribution in [1.82, 2.24) is 0 Å². The summed E-state index contributed by atoms with van der Waals surface area (Å²) < 4.78 is 15.9. The molecule has 0 aliphatic heterocycles. The molecule has 5 nitrogen and oxygen atoms in total. The number of aliphatic hydroxyl groups is 1. The Bertz CT molecular complexity index is 382. The number of rotatable bonds is 10. The van der Waals surface area contributed by atoms with Crippen molar-refractivity contribution in [3.05, 3.63) is 29.8 Å². The second-order valence-electron chi connectivity index (χ2n) is 5.15. The summed E-state index contributed by atoms with van der Waals surface area (Å²) in [6.07, 6.45) is 0.192. The van der Waals surface area contributed by atoms with E-state index >= 15 is 0 Å². The van der Waals surface area contributed by atoms with Gasteiger partial charge < -0.3 is 25.1 Å². The van der Waals surface area contributed by atoms with Crippen LogP contribution in [0, 0.1) is 0 Å². The quantitative estimate of drug-likeness (QED) is 0.690. The van der Waals surface area contributed by atoms with E-state index in [1.165, 1.54) is 0 Å². The van der Waals surface area contributed by atoms with Gasteiger partial charge in [0, 0.05) is 13.2 Å². The van der Waals surface area contributed by atoms with Gasteiger partial charge in [0.2, 0.25) is 0 Å². The number of methoxy groups -OCH3 is 1. The van der Waals surface area contributed by atoms with Gasteiger partial charge in [-0.15, -0.1) is 0 Å². The first kappa shape index (κ1) is 17.9. The zero-order chi connectivity index (χ0) is 15.7. The fourth-order valence-corrected chi connectivity index (χ4v) is 1.85. The van der Waals surface area contributed by atoms with Crippen molar-refractivity contribution in [3.63, 3.8) is 0 Å². The Morgan fingerprint density at radius 3 is 2.38 bits per heavy atom. The molecule has 0 aliphatic carbocycles. The predicted octanol–water partition coefficient (Wildman–Crippen LogP) is 1.89. The van der Waals surface area contributed by atoms with E-state index in [9.17, 15) is 5.11 Å². The van der Waals surface area contributed by atoms with Crippen LogP contribution in [0.2, 0.25) is 0 Å². The first-order valence-electron chi connectivity index (χ1n) is 7.33. The van der Waals surface area contributed by atoms with E-state index in [-0.39, 0.29) is 25.4 Å². The van der Waals surface area contributed by atoms with Gasteiger partial charge in [-0.05, 0) is 31.0 Å². The SMILES string of the molecule is CCC(N)c1ccc(OCC(O)COC(C)COC)cc1. The van der Waals surface area contributed by atoms with Crippen LogP contribution in [0.15, 0.2) is 24.3 Å². The first-order chi connectivity index (χ1) is 10.1. The lowest BCUT2D eigenvalue weighted by molar-refractivity contribution is -0.0423. The number of benzene rings is 1. The largest absolute Gasteiger partial charge is 0.491 e. The molecule has 0 aromatic heterocycles. The molecule has 3 atom stereocenters. The van der Waals surface area contributed by atoms with Crippen LogP contribution in [0.4, 0.5) is 0 Å². The highest BCUT2D eigenvalue weighted by molar-refractivity contribution is 5.28. The van der Waals surface area contributed by atoms with Crippen LogP contribution in [0.3, 0.4) is 0 Å². The maximum Gasteiger partial charge on any atom is 0.119 e. The van der Waals surface area contributed by atoms with E-state index in [2.05, 4.69) is 6.92 Å². The van der Waals surface area contributed by atoms with E-state index in [0.29, 0.717) is 12.4 Å². The van der Waals surface area contributed by atoms with Crippen molar-refractivity contribution in [1.29, 1.82) is 0 Å². The van der Waals surface area contributed by atoms with Crippen molar-refractivity contribution in [3.8, 4) is 5.75 Å². The predicted molar refractivity (Wildman–Crippen MR) is 82.5 cm³/mol. The molecule has 21 heavy (non-hydrogen) atoms. The van der Waals surface area contributed by atoms with Gasteiger partial charge in [-0.2, -0.15) is 0 Å². The van der Waals surface area contributed by atoms with Crippen molar-refractivity contribution in [2.45, 2.75) is 38.5 Å². The molecule has 0 bridgehead atoms. The fraction of sp³-hybridized carbons (Fsp3) is 0.625. The van der Waals surface area contributed by atoms with Crippen molar-refractivity contribution < 1.29 is 19.3 Å². The summed E-state index contributed by atoms with van der Waals surface area (Å²) >= 11 is 0. The summed E-state index contributed by atoms with van der Waals surface area (Å²) in [4.78, 5) is 0. The minimum atomic E-state index is -0.665. The Kier molecular flexibility index (Phi) is 8.30. The Balaban J connectivity index is 2.31. The van der Waals surface area contributed by atoms with E-state index in [0.717, 1.165) is 12.0 Å². The maximum absolute atomic E-state index is 9.80. The van der Waals surface area contributed by atoms with Gasteiger partial charge >= 0.3 is 0 Å². The zero-order valence-corrected chi connectivity index (χ0v) is 13.1. The lowest BCUT2D eigenvalue weighted by atomic mass is 10.1. The monoisotopic (exact) mass is 297 g/mol. The third-order valence-corrected chi connectivity index (χ3v) is 3.16. The van der Waals surface area contributed by atoms with Crippen molar-refractivity contribution >= 4 is 0 Å². The Labute approximate surface area is 127 Å². The number of hydrogen-bond acceptors (Lipinski definition) is 5. The summed E-state index contributed by atoms with van der Waals surface area (Å²) in [6.45, 7) is 4.87. The van der Waals surface area contributed by atoms with Gasteiger partial charge in [0.1, 0.15) is 18.5 Å². The second-order valence-corrected chi connectivity index (χ2v) is 5.15. The molecule has 1 rings (SSSR count). The van der Waals surface area contributed by atoms with E-state index in [1.807, 2.05) is 31.2 Å². The first-order valence-corrected chi connectivity index (χ1v) is 7.33. The summed E-state index contributed by atoms with van der Waals surface area (Å²) in [5.74, 6) is 0.714. The van der Waals surface area contributed by atoms with Crippen LogP contribution in [-0.4, -0.2) is 44.2 Å². The minimum Gasteiger partial charge on any atom is -0.491 e. The second kappa shape index (κ2) is 9.73. The minimum absolute atomic E-state index is 0.0422. The highest BCUT2D eigenvalue weighted by Crippen LogP contribution is 2.18. The molecule has 3 N–H and O–H groups in total. The molecule has 0 heterocycles. The molecule has 1 aromatic carbocycles. The molecule has 0 saturated heterocycles. The number of aliphatic hydroxyl groups excluding tert-OH is 1. The average molecular weight is 297 g/mol. The molecule has 0 spiro atoms. The van der Waals surface area contributed by atoms with Crippen LogP contribution in [-0.2, 0) is 9.47 Å². The van der Waals surface area contributed by atoms with Crippen LogP contribution >= 0.6 is 0 Å². The smallest absolute Gasteiger partial charge is 0.119 e. The number of ether oxygens (including phenoxy) is 3. The van der Waals surface area contributed by atoms with Crippen molar-refractivity contribution in [2.75, 3.05) is 26.9 Å². The van der Waals surface area contributed by atoms with Gasteiger partial charge in [0.05, 0.1) is 19.3 Å². The Morgan fingerprint density at radius 2 is 1.81 bits per heavy atom. The highest BCUT2D eigenvalue weighted by Gasteiger charge is 2.09. The molecule has 1 aromatic rings. The van der Waals surface area contributed by atoms with Crippen LogP contribution in [0.1, 0.15) is 31.9 Å². The molecule has 0 fully saturated rings. The van der Waals surface area contributed by atoms with Crippen LogP contribution in [0.5, 0.6) is 5.75 Å². The molecule has 0 radical (unpaired) electrons. The molecule has 120 valence electrons. The van der Waals surface area contributed by atoms with Crippen LogP contribution < -0.4 is 10.5 Å². The van der Waals surface area contributed by atoms with Crippen LogP contribution in [0.25, 0.3) is 0 Å². The van der Waals surface area contributed by atoms with Gasteiger partial charge in [0.25, 0.3) is 0 Å². The summed E-state index contributed by atoms with van der Waals surface area (Å²) in [7, 11) is 1.62. The number of hydrogen-bond donors (Lipinski definition) is 2. The Hall–Kier alpha value is -1.14. The molecule has 3 unspecified atom stereocenters. The maximum atomic E-state index is 9.80. The third kappa shape index (κ3) is 6.91.